The summed E-state index contributed by atoms with van der Waals surface area (Å²) in [6, 6.07) is 8.35. The molecule has 2 rings (SSSR count). The number of aromatic nitrogens is 2. The molecule has 0 saturated heterocycles. The fourth-order valence-corrected chi connectivity index (χ4v) is 1.62. The van der Waals surface area contributed by atoms with Gasteiger partial charge in [-0.05, 0) is 31.2 Å². The molecule has 6 heteroatoms. The third-order valence-corrected chi connectivity index (χ3v) is 2.54. The van der Waals surface area contributed by atoms with Crippen LogP contribution in [0.5, 0.6) is 0 Å². The van der Waals surface area contributed by atoms with Crippen LogP contribution in [0.25, 0.3) is 0 Å². The van der Waals surface area contributed by atoms with Crippen LogP contribution in [0.2, 0.25) is 0 Å². The fraction of sp³-hybridized carbons (Fsp3) is 0.143. The first-order valence-corrected chi connectivity index (χ1v) is 5.96. The van der Waals surface area contributed by atoms with Crippen molar-refractivity contribution < 1.29 is 14.7 Å². The zero-order valence-corrected chi connectivity index (χ0v) is 10.8. The third kappa shape index (κ3) is 3.61. The van der Waals surface area contributed by atoms with Crippen LogP contribution in [0.3, 0.4) is 0 Å². The summed E-state index contributed by atoms with van der Waals surface area (Å²) in [6.07, 6.45) is 1.28. The van der Waals surface area contributed by atoms with Crippen molar-refractivity contribution in [2.45, 2.75) is 13.3 Å². The monoisotopic (exact) mass is 271 g/mol. The minimum Gasteiger partial charge on any atom is -0.481 e. The van der Waals surface area contributed by atoms with Crippen molar-refractivity contribution in [3.05, 3.63) is 53.6 Å². The van der Waals surface area contributed by atoms with E-state index in [1.165, 1.54) is 6.20 Å². The Morgan fingerprint density at radius 2 is 2.05 bits per heavy atom. The molecule has 0 fully saturated rings. The molecule has 0 saturated carbocycles. The number of carbonyl (C=O) groups is 2. The lowest BCUT2D eigenvalue weighted by Crippen LogP contribution is -2.14. The summed E-state index contributed by atoms with van der Waals surface area (Å²) in [5.41, 5.74) is 2.00. The summed E-state index contributed by atoms with van der Waals surface area (Å²) in [7, 11) is 0. The lowest BCUT2D eigenvalue weighted by atomic mass is 10.2. The van der Waals surface area contributed by atoms with E-state index < -0.39 is 5.97 Å². The molecule has 20 heavy (non-hydrogen) atoms. The zero-order valence-electron chi connectivity index (χ0n) is 10.8. The number of nitrogens with one attached hydrogen (secondary N) is 1. The van der Waals surface area contributed by atoms with Gasteiger partial charge in [0.15, 0.2) is 0 Å². The summed E-state index contributed by atoms with van der Waals surface area (Å²) in [5.74, 6) is -1.28. The average Bonchev–Trinajstić information content (AvgIpc) is 2.40. The van der Waals surface area contributed by atoms with E-state index in [0.717, 1.165) is 5.69 Å². The van der Waals surface area contributed by atoms with E-state index in [1.54, 1.807) is 37.3 Å². The maximum atomic E-state index is 11.9. The number of hydrogen-bond acceptors (Lipinski definition) is 4. The molecule has 0 atom stereocenters. The molecule has 0 aromatic carbocycles. The number of carboxylic acids is 1. The van der Waals surface area contributed by atoms with Gasteiger partial charge in [-0.25, -0.2) is 4.98 Å². The molecule has 0 radical (unpaired) electrons. The van der Waals surface area contributed by atoms with Crippen molar-refractivity contribution >= 4 is 17.6 Å². The zero-order chi connectivity index (χ0) is 14.5. The summed E-state index contributed by atoms with van der Waals surface area (Å²) in [4.78, 5) is 30.5. The first kappa shape index (κ1) is 13.7. The Morgan fingerprint density at radius 1 is 1.25 bits per heavy atom. The first-order chi connectivity index (χ1) is 9.54. The van der Waals surface area contributed by atoms with E-state index in [4.69, 9.17) is 5.11 Å². The van der Waals surface area contributed by atoms with Crippen molar-refractivity contribution in [2.75, 3.05) is 5.32 Å². The van der Waals surface area contributed by atoms with Gasteiger partial charge in [-0.15, -0.1) is 0 Å². The molecule has 6 nitrogen and oxygen atoms in total. The quantitative estimate of drug-likeness (QED) is 0.882. The summed E-state index contributed by atoms with van der Waals surface area (Å²) in [6.45, 7) is 1.80. The van der Waals surface area contributed by atoms with Gasteiger partial charge in [-0.3, -0.25) is 14.6 Å². The van der Waals surface area contributed by atoms with Crippen LogP contribution in [0, 0.1) is 6.92 Å². The van der Waals surface area contributed by atoms with Crippen LogP contribution < -0.4 is 5.32 Å². The van der Waals surface area contributed by atoms with E-state index in [0.29, 0.717) is 17.1 Å². The molecule has 102 valence electrons. The van der Waals surface area contributed by atoms with Crippen LogP contribution >= 0.6 is 0 Å². The molecular weight excluding hydrogens is 258 g/mol. The Bertz CT molecular complexity index is 638. The van der Waals surface area contributed by atoms with Gasteiger partial charge in [0.1, 0.15) is 5.69 Å². The minimum atomic E-state index is -0.946. The molecule has 2 N–H and O–H groups in total. The van der Waals surface area contributed by atoms with Crippen LogP contribution in [0.4, 0.5) is 5.69 Å². The number of amides is 1. The van der Waals surface area contributed by atoms with Crippen LogP contribution in [-0.2, 0) is 11.2 Å². The maximum Gasteiger partial charge on any atom is 0.309 e. The van der Waals surface area contributed by atoms with Gasteiger partial charge in [-0.1, -0.05) is 6.07 Å². The van der Waals surface area contributed by atoms with E-state index in [-0.39, 0.29) is 12.3 Å². The van der Waals surface area contributed by atoms with Gasteiger partial charge in [0, 0.05) is 5.69 Å². The SMILES string of the molecule is Cc1cccc(C(=O)Nc2ccc(CC(=O)O)nc2)n1. The summed E-state index contributed by atoms with van der Waals surface area (Å²) in [5, 5.41) is 11.3. The second kappa shape index (κ2) is 5.92. The average molecular weight is 271 g/mol. The molecule has 0 unspecified atom stereocenters. The number of carbonyl (C=O) groups excluding carboxylic acids is 1. The third-order valence-electron chi connectivity index (χ3n) is 2.54. The molecular formula is C14H13N3O3. The van der Waals surface area contributed by atoms with Gasteiger partial charge in [0.05, 0.1) is 24.0 Å². The summed E-state index contributed by atoms with van der Waals surface area (Å²) < 4.78 is 0. The number of pyridine rings is 2. The number of aliphatic carboxylic acids is 1. The smallest absolute Gasteiger partial charge is 0.309 e. The van der Waals surface area contributed by atoms with Crippen LogP contribution in [0.15, 0.2) is 36.5 Å². The van der Waals surface area contributed by atoms with Gasteiger partial charge < -0.3 is 10.4 Å². The highest BCUT2D eigenvalue weighted by molar-refractivity contribution is 6.02. The van der Waals surface area contributed by atoms with Gasteiger partial charge in [0.2, 0.25) is 0 Å². The van der Waals surface area contributed by atoms with Gasteiger partial charge >= 0.3 is 5.97 Å². The van der Waals surface area contributed by atoms with Gasteiger partial charge in [-0.2, -0.15) is 0 Å². The number of aryl methyl sites for hydroxylation is 1. The number of hydrogen-bond donors (Lipinski definition) is 2. The number of nitrogens with zero attached hydrogens (tertiary/aromatic N) is 2. The Morgan fingerprint density at radius 3 is 2.65 bits per heavy atom. The molecule has 0 aliphatic carbocycles. The van der Waals surface area contributed by atoms with Gasteiger partial charge in [0.25, 0.3) is 5.91 Å². The number of rotatable bonds is 4. The predicted octanol–water partition coefficient (Wildman–Crippen LogP) is 1.66. The summed E-state index contributed by atoms with van der Waals surface area (Å²) >= 11 is 0. The van der Waals surface area contributed by atoms with Crippen LogP contribution in [0.1, 0.15) is 21.9 Å². The molecule has 0 spiro atoms. The van der Waals surface area contributed by atoms with E-state index >= 15 is 0 Å². The Balaban J connectivity index is 2.06. The van der Waals surface area contributed by atoms with Crippen LogP contribution in [-0.4, -0.2) is 27.0 Å². The highest BCUT2D eigenvalue weighted by Gasteiger charge is 2.08. The highest BCUT2D eigenvalue weighted by Crippen LogP contribution is 2.09. The second-order valence-corrected chi connectivity index (χ2v) is 4.23. The standard InChI is InChI=1S/C14H13N3O3/c1-9-3-2-4-12(16-9)14(20)17-11-6-5-10(15-8-11)7-13(18)19/h2-6,8H,7H2,1H3,(H,17,20)(H,18,19). The topological polar surface area (TPSA) is 92.2 Å². The molecule has 0 bridgehead atoms. The largest absolute Gasteiger partial charge is 0.481 e. The Labute approximate surface area is 115 Å². The molecule has 0 aliphatic heterocycles. The van der Waals surface area contributed by atoms with E-state index in [1.807, 2.05) is 0 Å². The molecule has 2 aromatic heterocycles. The lowest BCUT2D eigenvalue weighted by Gasteiger charge is -2.05. The van der Waals surface area contributed by atoms with Crippen molar-refractivity contribution in [1.29, 1.82) is 0 Å². The van der Waals surface area contributed by atoms with Crippen molar-refractivity contribution in [1.82, 2.24) is 9.97 Å². The molecule has 1 amide bonds. The Kier molecular flexibility index (Phi) is 4.05. The number of anilines is 1. The van der Waals surface area contributed by atoms with E-state index in [2.05, 4.69) is 15.3 Å². The molecule has 2 heterocycles. The second-order valence-electron chi connectivity index (χ2n) is 4.23. The molecule has 0 aliphatic rings. The van der Waals surface area contributed by atoms with Crippen molar-refractivity contribution in [3.63, 3.8) is 0 Å². The number of carboxylic acid groups (broad SMARTS) is 1. The Hall–Kier alpha value is -2.76. The molecule has 2 aromatic rings. The predicted molar refractivity (Wildman–Crippen MR) is 72.5 cm³/mol. The van der Waals surface area contributed by atoms with Crippen molar-refractivity contribution in [3.8, 4) is 0 Å². The normalized spacial score (nSPS) is 10.1. The van der Waals surface area contributed by atoms with E-state index in [9.17, 15) is 9.59 Å². The highest BCUT2D eigenvalue weighted by atomic mass is 16.4. The van der Waals surface area contributed by atoms with Crippen molar-refractivity contribution in [2.24, 2.45) is 0 Å². The first-order valence-electron chi connectivity index (χ1n) is 5.96. The minimum absolute atomic E-state index is 0.145. The fourth-order valence-electron chi connectivity index (χ4n) is 1.62. The maximum absolute atomic E-state index is 11.9. The lowest BCUT2D eigenvalue weighted by molar-refractivity contribution is -0.136.